The van der Waals surface area contributed by atoms with Gasteiger partial charge in [0.25, 0.3) is 0 Å². The van der Waals surface area contributed by atoms with E-state index < -0.39 is 0 Å². The molecule has 0 bridgehead atoms. The third-order valence-electron chi connectivity index (χ3n) is 4.31. The SMILES string of the molecule is COc1ccc(CCNC(=O)Cn2cc(CCCc3cnc(N)[nH]3)nn2)cc1. The highest BCUT2D eigenvalue weighted by molar-refractivity contribution is 5.75. The first kappa shape index (κ1) is 19.4. The Morgan fingerprint density at radius 1 is 1.25 bits per heavy atom. The Balaban J connectivity index is 1.35. The van der Waals surface area contributed by atoms with Crippen LogP contribution in [0.3, 0.4) is 0 Å². The van der Waals surface area contributed by atoms with Gasteiger partial charge in [0.05, 0.1) is 19.0 Å². The van der Waals surface area contributed by atoms with Crippen molar-refractivity contribution in [2.24, 2.45) is 0 Å². The number of aromatic nitrogens is 5. The van der Waals surface area contributed by atoms with E-state index in [1.54, 1.807) is 18.0 Å². The standard InChI is InChI=1S/C19H25N7O2/c1-28-17-7-5-14(6-8-17)9-10-21-18(27)13-26-12-16(24-25-26)4-2-3-15-11-22-19(20)23-15/h5-8,11-12H,2-4,9-10,13H2,1H3,(H,21,27)(H3,20,22,23). The summed E-state index contributed by atoms with van der Waals surface area (Å²) in [5.41, 5.74) is 8.56. The molecular weight excluding hydrogens is 358 g/mol. The number of benzene rings is 1. The van der Waals surface area contributed by atoms with Gasteiger partial charge in [-0.1, -0.05) is 17.3 Å². The highest BCUT2D eigenvalue weighted by Crippen LogP contribution is 2.11. The number of hydrogen-bond acceptors (Lipinski definition) is 6. The molecule has 0 aliphatic rings. The predicted octanol–water partition coefficient (Wildman–Crippen LogP) is 1.13. The van der Waals surface area contributed by atoms with Crippen LogP contribution in [0, 0.1) is 0 Å². The van der Waals surface area contributed by atoms with Crippen molar-refractivity contribution in [3.8, 4) is 5.75 Å². The summed E-state index contributed by atoms with van der Waals surface area (Å²) >= 11 is 0. The molecule has 0 aliphatic carbocycles. The molecule has 148 valence electrons. The lowest BCUT2D eigenvalue weighted by Gasteiger charge is -2.06. The number of rotatable bonds is 10. The van der Waals surface area contributed by atoms with E-state index >= 15 is 0 Å². The van der Waals surface area contributed by atoms with E-state index in [-0.39, 0.29) is 12.5 Å². The third-order valence-corrected chi connectivity index (χ3v) is 4.31. The van der Waals surface area contributed by atoms with Crippen LogP contribution >= 0.6 is 0 Å². The zero-order chi connectivity index (χ0) is 19.8. The summed E-state index contributed by atoms with van der Waals surface area (Å²) in [6, 6.07) is 7.81. The molecule has 0 radical (unpaired) electrons. The van der Waals surface area contributed by atoms with Crippen LogP contribution in [0.5, 0.6) is 5.75 Å². The maximum absolute atomic E-state index is 12.1. The molecule has 0 atom stereocenters. The Morgan fingerprint density at radius 3 is 2.79 bits per heavy atom. The summed E-state index contributed by atoms with van der Waals surface area (Å²) in [6.45, 7) is 0.729. The van der Waals surface area contributed by atoms with Gasteiger partial charge in [-0.05, 0) is 43.4 Å². The maximum atomic E-state index is 12.1. The zero-order valence-electron chi connectivity index (χ0n) is 15.9. The first-order valence-electron chi connectivity index (χ1n) is 9.20. The molecule has 9 heteroatoms. The number of H-pyrrole nitrogens is 1. The van der Waals surface area contributed by atoms with Crippen LogP contribution < -0.4 is 15.8 Å². The fraction of sp³-hybridized carbons (Fsp3) is 0.368. The van der Waals surface area contributed by atoms with Crippen molar-refractivity contribution in [2.75, 3.05) is 19.4 Å². The number of carbonyl (C=O) groups is 1. The number of methoxy groups -OCH3 is 1. The van der Waals surface area contributed by atoms with E-state index in [4.69, 9.17) is 10.5 Å². The number of aryl methyl sites for hydroxylation is 2. The summed E-state index contributed by atoms with van der Waals surface area (Å²) in [5.74, 6) is 1.17. The molecule has 1 amide bonds. The van der Waals surface area contributed by atoms with Crippen molar-refractivity contribution in [1.82, 2.24) is 30.3 Å². The van der Waals surface area contributed by atoms with Gasteiger partial charge in [-0.15, -0.1) is 5.10 Å². The van der Waals surface area contributed by atoms with Crippen molar-refractivity contribution in [3.63, 3.8) is 0 Å². The van der Waals surface area contributed by atoms with Gasteiger partial charge in [-0.2, -0.15) is 0 Å². The lowest BCUT2D eigenvalue weighted by Crippen LogP contribution is -2.29. The predicted molar refractivity (Wildman–Crippen MR) is 105 cm³/mol. The minimum Gasteiger partial charge on any atom is -0.497 e. The van der Waals surface area contributed by atoms with Gasteiger partial charge in [0.15, 0.2) is 5.95 Å². The molecule has 1 aromatic carbocycles. The van der Waals surface area contributed by atoms with E-state index in [1.807, 2.05) is 30.5 Å². The molecule has 0 saturated carbocycles. The molecule has 0 aliphatic heterocycles. The second-order valence-electron chi connectivity index (χ2n) is 6.50. The molecule has 0 fully saturated rings. The third kappa shape index (κ3) is 5.83. The normalized spacial score (nSPS) is 10.8. The lowest BCUT2D eigenvalue weighted by molar-refractivity contribution is -0.121. The second-order valence-corrected chi connectivity index (χ2v) is 6.50. The molecule has 28 heavy (non-hydrogen) atoms. The van der Waals surface area contributed by atoms with Crippen LogP contribution in [0.25, 0.3) is 0 Å². The Kier molecular flexibility index (Phi) is 6.61. The highest BCUT2D eigenvalue weighted by atomic mass is 16.5. The number of hydrogen-bond donors (Lipinski definition) is 3. The molecule has 3 rings (SSSR count). The minimum atomic E-state index is -0.0853. The first-order chi connectivity index (χ1) is 13.6. The molecule has 2 heterocycles. The van der Waals surface area contributed by atoms with Crippen molar-refractivity contribution >= 4 is 11.9 Å². The monoisotopic (exact) mass is 383 g/mol. The highest BCUT2D eigenvalue weighted by Gasteiger charge is 2.07. The van der Waals surface area contributed by atoms with Crippen molar-refractivity contribution in [3.05, 3.63) is 53.6 Å². The molecule has 4 N–H and O–H groups in total. The molecule has 2 aromatic heterocycles. The lowest BCUT2D eigenvalue weighted by atomic mass is 10.1. The largest absolute Gasteiger partial charge is 0.497 e. The van der Waals surface area contributed by atoms with Gasteiger partial charge in [-0.3, -0.25) is 4.79 Å². The fourth-order valence-electron chi connectivity index (χ4n) is 2.84. The molecule has 9 nitrogen and oxygen atoms in total. The van der Waals surface area contributed by atoms with E-state index in [2.05, 4.69) is 25.6 Å². The van der Waals surface area contributed by atoms with Gasteiger partial charge in [-0.25, -0.2) is 9.67 Å². The molecular formula is C19H25N7O2. The Labute approximate surface area is 163 Å². The minimum absolute atomic E-state index is 0.0853. The van der Waals surface area contributed by atoms with Crippen molar-refractivity contribution in [1.29, 1.82) is 0 Å². The van der Waals surface area contributed by atoms with Gasteiger partial charge >= 0.3 is 0 Å². The van der Waals surface area contributed by atoms with Gasteiger partial charge in [0.2, 0.25) is 5.91 Å². The molecule has 0 spiro atoms. The maximum Gasteiger partial charge on any atom is 0.241 e. The first-order valence-corrected chi connectivity index (χ1v) is 9.20. The number of aromatic amines is 1. The molecule has 3 aromatic rings. The average molecular weight is 383 g/mol. The van der Waals surface area contributed by atoms with E-state index in [1.165, 1.54) is 0 Å². The van der Waals surface area contributed by atoms with Crippen LogP contribution in [0.1, 0.15) is 23.4 Å². The van der Waals surface area contributed by atoms with Crippen LogP contribution in [-0.4, -0.2) is 44.5 Å². The zero-order valence-corrected chi connectivity index (χ0v) is 15.9. The number of nitrogen functional groups attached to an aromatic ring is 1. The van der Waals surface area contributed by atoms with Crippen LogP contribution in [0.15, 0.2) is 36.7 Å². The van der Waals surface area contributed by atoms with Gasteiger partial charge in [0.1, 0.15) is 12.3 Å². The summed E-state index contributed by atoms with van der Waals surface area (Å²) in [7, 11) is 1.64. The average Bonchev–Trinajstić information content (AvgIpc) is 3.31. The smallest absolute Gasteiger partial charge is 0.241 e. The van der Waals surface area contributed by atoms with E-state index in [9.17, 15) is 4.79 Å². The van der Waals surface area contributed by atoms with Crippen LogP contribution in [-0.2, 0) is 30.6 Å². The number of ether oxygens (including phenoxy) is 1. The van der Waals surface area contributed by atoms with Crippen molar-refractivity contribution < 1.29 is 9.53 Å². The number of anilines is 1. The molecule has 0 unspecified atom stereocenters. The number of amides is 1. The van der Waals surface area contributed by atoms with Crippen LogP contribution in [0.4, 0.5) is 5.95 Å². The topological polar surface area (TPSA) is 124 Å². The number of nitrogens with two attached hydrogens (primary N) is 1. The van der Waals surface area contributed by atoms with Gasteiger partial charge < -0.3 is 20.8 Å². The quantitative estimate of drug-likeness (QED) is 0.482. The fourth-order valence-corrected chi connectivity index (χ4v) is 2.84. The summed E-state index contributed by atoms with van der Waals surface area (Å²) in [5, 5.41) is 11.0. The summed E-state index contributed by atoms with van der Waals surface area (Å²) in [6.07, 6.45) is 6.82. The van der Waals surface area contributed by atoms with Crippen molar-refractivity contribution in [2.45, 2.75) is 32.2 Å². The summed E-state index contributed by atoms with van der Waals surface area (Å²) in [4.78, 5) is 19.0. The number of carbonyl (C=O) groups excluding carboxylic acids is 1. The Hall–Kier alpha value is -3.36. The van der Waals surface area contributed by atoms with Crippen LogP contribution in [0.2, 0.25) is 0 Å². The Morgan fingerprint density at radius 2 is 2.07 bits per heavy atom. The van der Waals surface area contributed by atoms with Gasteiger partial charge in [0, 0.05) is 18.4 Å². The molecule has 0 saturated heterocycles. The summed E-state index contributed by atoms with van der Waals surface area (Å²) < 4.78 is 6.70. The number of nitrogens with zero attached hydrogens (tertiary/aromatic N) is 4. The van der Waals surface area contributed by atoms with E-state index in [0.717, 1.165) is 48.4 Å². The van der Waals surface area contributed by atoms with E-state index in [0.29, 0.717) is 12.5 Å². The Bertz CT molecular complexity index is 886. The number of nitrogens with one attached hydrogen (secondary N) is 2. The second kappa shape index (κ2) is 9.54. The number of imidazole rings is 1.